The molecule has 0 unspecified atom stereocenters. The fraction of sp³-hybridized carbons (Fsp3) is 0.0455. The first kappa shape index (κ1) is 18.4. The van der Waals surface area contributed by atoms with Crippen LogP contribution in [0.5, 0.6) is 0 Å². The molecule has 0 fully saturated rings. The van der Waals surface area contributed by atoms with Crippen molar-refractivity contribution in [1.29, 1.82) is 5.26 Å². The second-order valence-corrected chi connectivity index (χ2v) is 6.66. The van der Waals surface area contributed by atoms with E-state index in [0.717, 1.165) is 4.90 Å². The highest BCUT2D eigenvalue weighted by atomic mass is 32.2. The molecule has 3 rings (SSSR count). The van der Waals surface area contributed by atoms with E-state index in [4.69, 9.17) is 4.74 Å². The van der Waals surface area contributed by atoms with Gasteiger partial charge in [0.25, 0.3) is 0 Å². The smallest absolute Gasteiger partial charge is 0.339 e. The van der Waals surface area contributed by atoms with E-state index in [0.29, 0.717) is 21.6 Å². The number of nitriles is 1. The van der Waals surface area contributed by atoms with E-state index >= 15 is 0 Å². The zero-order valence-corrected chi connectivity index (χ0v) is 15.1. The lowest BCUT2D eigenvalue weighted by molar-refractivity contribution is 0.0471. The maximum absolute atomic E-state index is 12.5. The average molecular weight is 373 g/mol. The van der Waals surface area contributed by atoms with Crippen LogP contribution in [-0.4, -0.2) is 18.4 Å². The van der Waals surface area contributed by atoms with Gasteiger partial charge in [0, 0.05) is 15.4 Å². The van der Waals surface area contributed by atoms with Crippen LogP contribution in [0.3, 0.4) is 0 Å². The molecule has 27 heavy (non-hydrogen) atoms. The Balaban J connectivity index is 1.74. The number of ketones is 1. The van der Waals surface area contributed by atoms with E-state index < -0.39 is 5.97 Å². The maximum Gasteiger partial charge on any atom is 0.339 e. The van der Waals surface area contributed by atoms with Crippen LogP contribution in [0, 0.1) is 11.3 Å². The normalized spacial score (nSPS) is 10.0. The highest BCUT2D eigenvalue weighted by molar-refractivity contribution is 7.99. The zero-order valence-electron chi connectivity index (χ0n) is 14.3. The molecular weight excluding hydrogens is 358 g/mol. The summed E-state index contributed by atoms with van der Waals surface area (Å²) in [5.41, 5.74) is 1.39. The van der Waals surface area contributed by atoms with E-state index in [2.05, 4.69) is 6.07 Å². The Morgan fingerprint density at radius 2 is 1.48 bits per heavy atom. The van der Waals surface area contributed by atoms with Gasteiger partial charge in [0.15, 0.2) is 12.4 Å². The summed E-state index contributed by atoms with van der Waals surface area (Å²) in [6, 6.07) is 25.0. The Hall–Kier alpha value is -3.36. The molecule has 0 aliphatic rings. The second kappa shape index (κ2) is 8.84. The molecule has 0 amide bonds. The Labute approximate surface area is 161 Å². The van der Waals surface area contributed by atoms with Gasteiger partial charge in [0.05, 0.1) is 11.1 Å². The molecular formula is C22H15NO3S. The Morgan fingerprint density at radius 1 is 0.852 bits per heavy atom. The minimum Gasteiger partial charge on any atom is -0.454 e. The first-order valence-corrected chi connectivity index (χ1v) is 9.02. The van der Waals surface area contributed by atoms with Gasteiger partial charge in [-0.05, 0) is 24.3 Å². The fourth-order valence-corrected chi connectivity index (χ4v) is 3.42. The summed E-state index contributed by atoms with van der Waals surface area (Å²) in [5.74, 6) is -0.833. The van der Waals surface area contributed by atoms with Crippen molar-refractivity contribution in [2.24, 2.45) is 0 Å². The molecule has 5 heteroatoms. The largest absolute Gasteiger partial charge is 0.454 e. The fourth-order valence-electron chi connectivity index (χ4n) is 2.41. The molecule has 0 saturated carbocycles. The van der Waals surface area contributed by atoms with Crippen LogP contribution >= 0.6 is 11.8 Å². The first-order chi connectivity index (χ1) is 13.2. The minimum atomic E-state index is -0.572. The van der Waals surface area contributed by atoms with Gasteiger partial charge < -0.3 is 4.74 Å². The summed E-state index contributed by atoms with van der Waals surface area (Å²) >= 11 is 1.32. The summed E-state index contributed by atoms with van der Waals surface area (Å²) in [7, 11) is 0. The molecule has 0 aromatic heterocycles. The topological polar surface area (TPSA) is 67.2 Å². The molecule has 0 N–H and O–H groups in total. The lowest BCUT2D eigenvalue weighted by atomic mass is 10.1. The highest BCUT2D eigenvalue weighted by Gasteiger charge is 2.16. The zero-order chi connectivity index (χ0) is 19.1. The van der Waals surface area contributed by atoms with Crippen molar-refractivity contribution in [3.05, 3.63) is 95.6 Å². The lowest BCUT2D eigenvalue weighted by Gasteiger charge is -2.10. The van der Waals surface area contributed by atoms with Crippen LogP contribution in [-0.2, 0) is 4.74 Å². The van der Waals surface area contributed by atoms with E-state index in [-0.39, 0.29) is 12.4 Å². The van der Waals surface area contributed by atoms with Gasteiger partial charge in [-0.2, -0.15) is 5.26 Å². The van der Waals surface area contributed by atoms with Crippen molar-refractivity contribution in [1.82, 2.24) is 0 Å². The molecule has 4 nitrogen and oxygen atoms in total. The number of Topliss-reactive ketones (excluding diaryl/α,β-unsaturated/α-hetero) is 1. The molecule has 0 atom stereocenters. The number of benzene rings is 3. The van der Waals surface area contributed by atoms with Crippen LogP contribution in [0.15, 0.2) is 88.7 Å². The van der Waals surface area contributed by atoms with Gasteiger partial charge in [-0.3, -0.25) is 4.79 Å². The number of carbonyl (C=O) groups excluding carboxylic acids is 2. The third-order valence-electron chi connectivity index (χ3n) is 3.76. The summed E-state index contributed by atoms with van der Waals surface area (Å²) in [6.45, 7) is -0.323. The second-order valence-electron chi connectivity index (χ2n) is 5.57. The van der Waals surface area contributed by atoms with E-state index in [1.807, 2.05) is 24.3 Å². The standard InChI is InChI=1S/C22H15NO3S/c23-14-17-10-4-6-12-20(17)27-21-13-7-5-11-18(21)22(25)26-15-19(24)16-8-2-1-3-9-16/h1-13H,15H2. The number of hydrogen-bond donors (Lipinski definition) is 0. The lowest BCUT2D eigenvalue weighted by Crippen LogP contribution is -2.14. The number of rotatable bonds is 6. The first-order valence-electron chi connectivity index (χ1n) is 8.20. The molecule has 0 aliphatic heterocycles. The third kappa shape index (κ3) is 4.63. The van der Waals surface area contributed by atoms with Gasteiger partial charge in [-0.25, -0.2) is 4.79 Å². The van der Waals surface area contributed by atoms with Crippen molar-refractivity contribution < 1.29 is 14.3 Å². The monoisotopic (exact) mass is 373 g/mol. The van der Waals surface area contributed by atoms with Gasteiger partial charge >= 0.3 is 5.97 Å². The van der Waals surface area contributed by atoms with Crippen LogP contribution < -0.4 is 0 Å². The molecule has 0 radical (unpaired) electrons. The number of ether oxygens (including phenoxy) is 1. The maximum atomic E-state index is 12.5. The Kier molecular flexibility index (Phi) is 6.03. The van der Waals surface area contributed by atoms with Gasteiger partial charge in [0.2, 0.25) is 0 Å². The third-order valence-corrected chi connectivity index (χ3v) is 4.92. The number of carbonyl (C=O) groups is 2. The predicted octanol–water partition coefficient (Wildman–Crippen LogP) is 4.75. The summed E-state index contributed by atoms with van der Waals surface area (Å²) in [5, 5.41) is 9.24. The van der Waals surface area contributed by atoms with Crippen molar-refractivity contribution in [2.75, 3.05) is 6.61 Å². The van der Waals surface area contributed by atoms with Crippen LogP contribution in [0.2, 0.25) is 0 Å². The minimum absolute atomic E-state index is 0.260. The number of hydrogen-bond acceptors (Lipinski definition) is 5. The predicted molar refractivity (Wildman–Crippen MR) is 103 cm³/mol. The van der Waals surface area contributed by atoms with Crippen LogP contribution in [0.25, 0.3) is 0 Å². The molecule has 0 saturated heterocycles. The average Bonchev–Trinajstić information content (AvgIpc) is 2.73. The SMILES string of the molecule is N#Cc1ccccc1Sc1ccccc1C(=O)OCC(=O)c1ccccc1. The van der Waals surface area contributed by atoms with Crippen LogP contribution in [0.4, 0.5) is 0 Å². The number of nitrogens with zero attached hydrogens (tertiary/aromatic N) is 1. The Bertz CT molecular complexity index is 1010. The van der Waals surface area contributed by atoms with Gasteiger partial charge in [-0.1, -0.05) is 66.4 Å². The molecule has 132 valence electrons. The molecule has 0 spiro atoms. The quantitative estimate of drug-likeness (QED) is 0.461. The van der Waals surface area contributed by atoms with Gasteiger partial charge in [0.1, 0.15) is 6.07 Å². The number of esters is 1. The van der Waals surface area contributed by atoms with Crippen LogP contribution in [0.1, 0.15) is 26.3 Å². The van der Waals surface area contributed by atoms with Crippen molar-refractivity contribution >= 4 is 23.5 Å². The molecule has 0 aliphatic carbocycles. The van der Waals surface area contributed by atoms with Crippen molar-refractivity contribution in [2.45, 2.75) is 9.79 Å². The van der Waals surface area contributed by atoms with Crippen molar-refractivity contribution in [3.8, 4) is 6.07 Å². The molecule has 3 aromatic rings. The van der Waals surface area contributed by atoms with Crippen molar-refractivity contribution in [3.63, 3.8) is 0 Å². The van der Waals surface area contributed by atoms with E-state index in [1.54, 1.807) is 54.6 Å². The highest BCUT2D eigenvalue weighted by Crippen LogP contribution is 2.32. The van der Waals surface area contributed by atoms with Gasteiger partial charge in [-0.15, -0.1) is 0 Å². The summed E-state index contributed by atoms with van der Waals surface area (Å²) in [6.07, 6.45) is 0. The van der Waals surface area contributed by atoms with E-state index in [9.17, 15) is 14.9 Å². The molecule has 0 bridgehead atoms. The van der Waals surface area contributed by atoms with E-state index in [1.165, 1.54) is 11.8 Å². The molecule has 3 aromatic carbocycles. The Morgan fingerprint density at radius 3 is 2.22 bits per heavy atom. The summed E-state index contributed by atoms with van der Waals surface area (Å²) < 4.78 is 5.21. The molecule has 0 heterocycles. The summed E-state index contributed by atoms with van der Waals surface area (Å²) in [4.78, 5) is 26.0.